The van der Waals surface area contributed by atoms with Crippen molar-refractivity contribution >= 4 is 15.7 Å². The van der Waals surface area contributed by atoms with Gasteiger partial charge in [0.2, 0.25) is 10.0 Å². The number of nitrogens with zero attached hydrogens (tertiary/aromatic N) is 2. The molecule has 3 aromatic rings. The zero-order chi connectivity index (χ0) is 17.4. The average molecular weight is 355 g/mol. The normalized spacial score (nSPS) is 12.6. The number of halogens is 3. The van der Waals surface area contributed by atoms with Crippen LogP contribution in [0.25, 0.3) is 5.65 Å². The summed E-state index contributed by atoms with van der Waals surface area (Å²) >= 11 is 0. The minimum atomic E-state index is -4.45. The van der Waals surface area contributed by atoms with Gasteiger partial charge in [-0.2, -0.15) is 13.2 Å². The number of rotatable bonds is 4. The molecule has 0 atom stereocenters. The molecule has 0 aliphatic rings. The fourth-order valence-electron chi connectivity index (χ4n) is 2.15. The van der Waals surface area contributed by atoms with Gasteiger partial charge in [0.05, 0.1) is 22.7 Å². The van der Waals surface area contributed by atoms with E-state index in [1.54, 1.807) is 18.2 Å². The standard InChI is InChI=1S/C15H12F3N3O2S/c16-15(17,18)11-6-7-14-20-12(10-21(14)9-11)8-19-24(22,23)13-4-2-1-3-5-13/h1-7,9-10,19H,8H2. The van der Waals surface area contributed by atoms with Crippen LogP contribution in [0, 0.1) is 0 Å². The van der Waals surface area contributed by atoms with Crippen molar-refractivity contribution in [3.63, 3.8) is 0 Å². The topological polar surface area (TPSA) is 63.5 Å². The van der Waals surface area contributed by atoms with E-state index >= 15 is 0 Å². The average Bonchev–Trinajstić information content (AvgIpc) is 2.95. The number of fused-ring (bicyclic) bond motifs is 1. The van der Waals surface area contributed by atoms with Crippen molar-refractivity contribution in [2.24, 2.45) is 0 Å². The Balaban J connectivity index is 1.81. The molecular formula is C15H12F3N3O2S. The van der Waals surface area contributed by atoms with Gasteiger partial charge in [-0.1, -0.05) is 18.2 Å². The van der Waals surface area contributed by atoms with E-state index < -0.39 is 21.8 Å². The van der Waals surface area contributed by atoms with Crippen LogP contribution in [-0.4, -0.2) is 17.8 Å². The van der Waals surface area contributed by atoms with E-state index in [4.69, 9.17) is 0 Å². The first kappa shape index (κ1) is 16.5. The van der Waals surface area contributed by atoms with Gasteiger partial charge in [0, 0.05) is 12.4 Å². The Morgan fingerprint density at radius 3 is 2.42 bits per heavy atom. The fraction of sp³-hybridized carbons (Fsp3) is 0.133. The summed E-state index contributed by atoms with van der Waals surface area (Å²) in [6.45, 7) is -0.125. The second-order valence-corrected chi connectivity index (χ2v) is 6.82. The summed E-state index contributed by atoms with van der Waals surface area (Å²) in [6.07, 6.45) is -2.18. The number of pyridine rings is 1. The van der Waals surface area contributed by atoms with Crippen LogP contribution < -0.4 is 4.72 Å². The van der Waals surface area contributed by atoms with Crippen molar-refractivity contribution in [2.75, 3.05) is 0 Å². The van der Waals surface area contributed by atoms with Gasteiger partial charge in [-0.05, 0) is 24.3 Å². The number of benzene rings is 1. The predicted octanol–water partition coefficient (Wildman–Crippen LogP) is 2.83. The number of alkyl halides is 3. The second-order valence-electron chi connectivity index (χ2n) is 5.05. The summed E-state index contributed by atoms with van der Waals surface area (Å²) in [5.41, 5.74) is -0.186. The summed E-state index contributed by atoms with van der Waals surface area (Å²) in [5, 5.41) is 0. The Bertz CT molecular complexity index is 967. The molecule has 0 spiro atoms. The lowest BCUT2D eigenvalue weighted by atomic mass is 10.3. The highest BCUT2D eigenvalue weighted by molar-refractivity contribution is 7.89. The third-order valence-corrected chi connectivity index (χ3v) is 4.74. The number of sulfonamides is 1. The van der Waals surface area contributed by atoms with E-state index in [1.807, 2.05) is 0 Å². The Morgan fingerprint density at radius 1 is 1.04 bits per heavy atom. The van der Waals surface area contributed by atoms with Gasteiger partial charge in [-0.3, -0.25) is 0 Å². The zero-order valence-electron chi connectivity index (χ0n) is 12.2. The lowest BCUT2D eigenvalue weighted by molar-refractivity contribution is -0.137. The van der Waals surface area contributed by atoms with Gasteiger partial charge in [0.25, 0.3) is 0 Å². The number of hydrogen-bond acceptors (Lipinski definition) is 3. The highest BCUT2D eigenvalue weighted by atomic mass is 32.2. The first-order valence-electron chi connectivity index (χ1n) is 6.85. The Morgan fingerprint density at radius 2 is 1.75 bits per heavy atom. The monoisotopic (exact) mass is 355 g/mol. The van der Waals surface area contributed by atoms with Crippen molar-refractivity contribution in [3.8, 4) is 0 Å². The SMILES string of the molecule is O=S(=O)(NCc1cn2cc(C(F)(F)F)ccc2n1)c1ccccc1. The predicted molar refractivity (Wildman–Crippen MR) is 80.7 cm³/mol. The third-order valence-electron chi connectivity index (χ3n) is 3.33. The van der Waals surface area contributed by atoms with Gasteiger partial charge in [0.15, 0.2) is 0 Å². The van der Waals surface area contributed by atoms with E-state index in [-0.39, 0.29) is 11.4 Å². The summed E-state index contributed by atoms with van der Waals surface area (Å²) in [6, 6.07) is 9.94. The Kier molecular flexibility index (Phi) is 4.06. The van der Waals surface area contributed by atoms with Crippen LogP contribution >= 0.6 is 0 Å². The van der Waals surface area contributed by atoms with Crippen molar-refractivity contribution in [1.82, 2.24) is 14.1 Å². The maximum absolute atomic E-state index is 12.7. The Labute approximate surface area is 135 Å². The van der Waals surface area contributed by atoms with Gasteiger partial charge >= 0.3 is 6.18 Å². The van der Waals surface area contributed by atoms with E-state index in [9.17, 15) is 21.6 Å². The third kappa shape index (κ3) is 3.41. The summed E-state index contributed by atoms with van der Waals surface area (Å²) in [7, 11) is -3.71. The smallest absolute Gasteiger partial charge is 0.306 e. The van der Waals surface area contributed by atoms with Crippen LogP contribution in [0.4, 0.5) is 13.2 Å². The van der Waals surface area contributed by atoms with Crippen LogP contribution in [0.1, 0.15) is 11.3 Å². The molecule has 3 rings (SSSR count). The van der Waals surface area contributed by atoms with E-state index in [1.165, 1.54) is 28.8 Å². The van der Waals surface area contributed by atoms with Crippen LogP contribution in [-0.2, 0) is 22.7 Å². The van der Waals surface area contributed by atoms with Crippen LogP contribution in [0.2, 0.25) is 0 Å². The molecule has 0 radical (unpaired) electrons. The molecule has 9 heteroatoms. The largest absolute Gasteiger partial charge is 0.417 e. The summed E-state index contributed by atoms with van der Waals surface area (Å²) in [5.74, 6) is 0. The molecule has 2 aromatic heterocycles. The molecule has 126 valence electrons. The maximum atomic E-state index is 12.7. The molecular weight excluding hydrogens is 343 g/mol. The van der Waals surface area contributed by atoms with Crippen LogP contribution in [0.3, 0.4) is 0 Å². The minimum Gasteiger partial charge on any atom is -0.306 e. The molecule has 0 aliphatic heterocycles. The lowest BCUT2D eigenvalue weighted by Crippen LogP contribution is -2.23. The highest BCUT2D eigenvalue weighted by Gasteiger charge is 2.30. The molecule has 5 nitrogen and oxygen atoms in total. The number of imidazole rings is 1. The fourth-order valence-corrected chi connectivity index (χ4v) is 3.17. The molecule has 0 saturated carbocycles. The van der Waals surface area contributed by atoms with E-state index in [2.05, 4.69) is 9.71 Å². The van der Waals surface area contributed by atoms with E-state index in [0.717, 1.165) is 12.3 Å². The summed E-state index contributed by atoms with van der Waals surface area (Å²) < 4.78 is 65.9. The first-order chi connectivity index (χ1) is 11.3. The van der Waals surface area contributed by atoms with Crippen LogP contribution in [0.5, 0.6) is 0 Å². The molecule has 0 saturated heterocycles. The summed E-state index contributed by atoms with van der Waals surface area (Å²) in [4.78, 5) is 4.21. The molecule has 1 N–H and O–H groups in total. The highest BCUT2D eigenvalue weighted by Crippen LogP contribution is 2.29. The molecule has 24 heavy (non-hydrogen) atoms. The van der Waals surface area contributed by atoms with Crippen molar-refractivity contribution in [1.29, 1.82) is 0 Å². The zero-order valence-corrected chi connectivity index (χ0v) is 13.0. The van der Waals surface area contributed by atoms with E-state index in [0.29, 0.717) is 11.3 Å². The molecule has 0 fully saturated rings. The van der Waals surface area contributed by atoms with Gasteiger partial charge in [-0.25, -0.2) is 18.1 Å². The van der Waals surface area contributed by atoms with Gasteiger partial charge < -0.3 is 4.40 Å². The quantitative estimate of drug-likeness (QED) is 0.783. The van der Waals surface area contributed by atoms with Crippen molar-refractivity contribution < 1.29 is 21.6 Å². The lowest BCUT2D eigenvalue weighted by Gasteiger charge is -2.05. The number of hydrogen-bond donors (Lipinski definition) is 1. The van der Waals surface area contributed by atoms with Crippen molar-refractivity contribution in [3.05, 3.63) is 66.1 Å². The molecule has 0 amide bonds. The number of aromatic nitrogens is 2. The molecule has 1 aromatic carbocycles. The van der Waals surface area contributed by atoms with Crippen LogP contribution in [0.15, 0.2) is 59.8 Å². The van der Waals surface area contributed by atoms with Gasteiger partial charge in [0.1, 0.15) is 5.65 Å². The second kappa shape index (κ2) is 5.91. The van der Waals surface area contributed by atoms with Gasteiger partial charge in [-0.15, -0.1) is 0 Å². The first-order valence-corrected chi connectivity index (χ1v) is 8.33. The number of nitrogens with one attached hydrogen (secondary N) is 1. The van der Waals surface area contributed by atoms with Crippen molar-refractivity contribution in [2.45, 2.75) is 17.6 Å². The molecule has 0 aliphatic carbocycles. The molecule has 2 heterocycles. The maximum Gasteiger partial charge on any atom is 0.417 e. The molecule has 0 bridgehead atoms. The Hall–Kier alpha value is -2.39. The molecule has 0 unspecified atom stereocenters. The minimum absolute atomic E-state index is 0.105.